The van der Waals surface area contributed by atoms with Gasteiger partial charge in [-0.15, -0.1) is 0 Å². The van der Waals surface area contributed by atoms with Gasteiger partial charge in [0, 0.05) is 11.6 Å². The number of aliphatic hydroxyl groups is 1. The molecule has 3 N–H and O–H groups in total. The van der Waals surface area contributed by atoms with Crippen LogP contribution in [0.25, 0.3) is 10.8 Å². The topological polar surface area (TPSA) is 55.5 Å². The summed E-state index contributed by atoms with van der Waals surface area (Å²) in [6.45, 7) is 1.78. The fraction of sp³-hybridized carbons (Fsp3) is 0.286. The fourth-order valence-corrected chi connectivity index (χ4v) is 2.02. The summed E-state index contributed by atoms with van der Waals surface area (Å²) in [7, 11) is 1.60. The number of hydrogen-bond donors (Lipinski definition) is 2. The fourth-order valence-electron chi connectivity index (χ4n) is 2.02. The van der Waals surface area contributed by atoms with Gasteiger partial charge in [-0.05, 0) is 23.8 Å². The molecule has 2 aromatic rings. The van der Waals surface area contributed by atoms with Crippen LogP contribution in [0.5, 0.6) is 5.75 Å². The van der Waals surface area contributed by atoms with Crippen molar-refractivity contribution >= 4 is 10.8 Å². The van der Waals surface area contributed by atoms with Gasteiger partial charge in [0.15, 0.2) is 0 Å². The van der Waals surface area contributed by atoms with Crippen molar-refractivity contribution in [1.29, 1.82) is 0 Å². The van der Waals surface area contributed by atoms with E-state index < -0.39 is 6.10 Å². The Bertz CT molecular complexity index is 523. The Morgan fingerprint density at radius 2 is 1.88 bits per heavy atom. The van der Waals surface area contributed by atoms with Crippen LogP contribution in [0.4, 0.5) is 0 Å². The largest absolute Gasteiger partial charge is 0.496 e. The van der Waals surface area contributed by atoms with Crippen LogP contribution in [-0.4, -0.2) is 18.3 Å². The predicted octanol–water partition coefficient (Wildman–Crippen LogP) is 2.23. The second-order valence-electron chi connectivity index (χ2n) is 4.21. The van der Waals surface area contributed by atoms with E-state index >= 15 is 0 Å². The summed E-state index contributed by atoms with van der Waals surface area (Å²) in [5, 5.41) is 12.3. The number of ether oxygens (including phenoxy) is 1. The summed E-state index contributed by atoms with van der Waals surface area (Å²) in [6, 6.07) is 11.4. The van der Waals surface area contributed by atoms with Gasteiger partial charge in [0.25, 0.3) is 0 Å². The van der Waals surface area contributed by atoms with Crippen molar-refractivity contribution in [2.45, 2.75) is 19.1 Å². The second kappa shape index (κ2) is 4.73. The summed E-state index contributed by atoms with van der Waals surface area (Å²) in [5.74, 6) is 0.675. The van der Waals surface area contributed by atoms with Crippen LogP contribution in [0.3, 0.4) is 0 Å². The molecule has 0 spiro atoms. The van der Waals surface area contributed by atoms with Crippen molar-refractivity contribution in [2.24, 2.45) is 5.73 Å². The molecule has 2 aromatic carbocycles. The first-order valence-electron chi connectivity index (χ1n) is 5.64. The van der Waals surface area contributed by atoms with E-state index in [4.69, 9.17) is 10.5 Å². The molecule has 0 amide bonds. The first-order chi connectivity index (χ1) is 8.15. The average Bonchev–Trinajstić information content (AvgIpc) is 2.36. The van der Waals surface area contributed by atoms with Gasteiger partial charge in [0.05, 0.1) is 13.2 Å². The third-order valence-corrected chi connectivity index (χ3v) is 2.94. The molecule has 0 saturated carbocycles. The number of nitrogens with two attached hydrogens (primary N) is 1. The molecule has 0 fully saturated rings. The molecule has 0 unspecified atom stereocenters. The number of hydrogen-bond acceptors (Lipinski definition) is 3. The molecule has 2 rings (SSSR count). The molecule has 90 valence electrons. The van der Waals surface area contributed by atoms with Crippen LogP contribution in [0.1, 0.15) is 18.6 Å². The number of methoxy groups -OCH3 is 1. The minimum atomic E-state index is -0.726. The Morgan fingerprint density at radius 1 is 1.18 bits per heavy atom. The zero-order valence-corrected chi connectivity index (χ0v) is 10.1. The van der Waals surface area contributed by atoms with E-state index in [1.54, 1.807) is 14.0 Å². The molecule has 0 aliphatic rings. The van der Waals surface area contributed by atoms with E-state index in [0.29, 0.717) is 5.75 Å². The second-order valence-corrected chi connectivity index (χ2v) is 4.21. The molecular formula is C14H17NO2. The highest BCUT2D eigenvalue weighted by Gasteiger charge is 2.19. The predicted molar refractivity (Wildman–Crippen MR) is 69.1 cm³/mol. The van der Waals surface area contributed by atoms with Crippen LogP contribution < -0.4 is 10.5 Å². The van der Waals surface area contributed by atoms with Crippen LogP contribution in [0.15, 0.2) is 36.4 Å². The van der Waals surface area contributed by atoms with Gasteiger partial charge in [0.2, 0.25) is 0 Å². The lowest BCUT2D eigenvalue weighted by Gasteiger charge is -2.20. The quantitative estimate of drug-likeness (QED) is 0.851. The molecule has 0 aliphatic carbocycles. The lowest BCUT2D eigenvalue weighted by Crippen LogP contribution is -2.25. The first kappa shape index (κ1) is 11.9. The Kier molecular flexibility index (Phi) is 3.31. The van der Waals surface area contributed by atoms with Crippen molar-refractivity contribution in [3.63, 3.8) is 0 Å². The highest BCUT2D eigenvalue weighted by atomic mass is 16.5. The van der Waals surface area contributed by atoms with Gasteiger partial charge < -0.3 is 15.6 Å². The van der Waals surface area contributed by atoms with Gasteiger partial charge in [0.1, 0.15) is 5.75 Å². The van der Waals surface area contributed by atoms with Crippen LogP contribution in [-0.2, 0) is 0 Å². The summed E-state index contributed by atoms with van der Waals surface area (Å²) in [4.78, 5) is 0. The normalized spacial score (nSPS) is 14.6. The van der Waals surface area contributed by atoms with E-state index in [1.807, 2.05) is 36.4 Å². The Hall–Kier alpha value is -1.58. The summed E-state index contributed by atoms with van der Waals surface area (Å²) < 4.78 is 5.31. The molecule has 0 heterocycles. The number of rotatable bonds is 3. The maximum Gasteiger partial charge on any atom is 0.125 e. The summed E-state index contributed by atoms with van der Waals surface area (Å²) >= 11 is 0. The SMILES string of the molecule is COc1ccc2ccccc2c1[C@@H](O)[C@H](C)N. The van der Waals surface area contributed by atoms with Gasteiger partial charge in [-0.25, -0.2) is 0 Å². The van der Waals surface area contributed by atoms with E-state index in [2.05, 4.69) is 0 Å². The molecule has 0 bridgehead atoms. The van der Waals surface area contributed by atoms with Gasteiger partial charge in [-0.1, -0.05) is 30.3 Å². The van der Waals surface area contributed by atoms with Crippen molar-refractivity contribution in [3.05, 3.63) is 42.0 Å². The van der Waals surface area contributed by atoms with E-state index in [1.165, 1.54) is 0 Å². The number of benzene rings is 2. The maximum atomic E-state index is 10.2. The number of fused-ring (bicyclic) bond motifs is 1. The van der Waals surface area contributed by atoms with Gasteiger partial charge in [-0.2, -0.15) is 0 Å². The highest BCUT2D eigenvalue weighted by molar-refractivity contribution is 5.88. The lowest BCUT2D eigenvalue weighted by molar-refractivity contribution is 0.151. The zero-order chi connectivity index (χ0) is 12.4. The highest BCUT2D eigenvalue weighted by Crippen LogP contribution is 2.33. The van der Waals surface area contributed by atoms with Crippen LogP contribution in [0, 0.1) is 0 Å². The maximum absolute atomic E-state index is 10.2. The zero-order valence-electron chi connectivity index (χ0n) is 10.1. The van der Waals surface area contributed by atoms with E-state index in [-0.39, 0.29) is 6.04 Å². The number of aliphatic hydroxyl groups excluding tert-OH is 1. The molecular weight excluding hydrogens is 214 g/mol. The van der Waals surface area contributed by atoms with Crippen molar-refractivity contribution in [1.82, 2.24) is 0 Å². The molecule has 0 aromatic heterocycles. The van der Waals surface area contributed by atoms with Crippen molar-refractivity contribution < 1.29 is 9.84 Å². The van der Waals surface area contributed by atoms with Crippen LogP contribution >= 0.6 is 0 Å². The monoisotopic (exact) mass is 231 g/mol. The summed E-state index contributed by atoms with van der Waals surface area (Å²) in [6.07, 6.45) is -0.726. The molecule has 0 radical (unpaired) electrons. The van der Waals surface area contributed by atoms with E-state index in [0.717, 1.165) is 16.3 Å². The molecule has 0 saturated heterocycles. The standard InChI is InChI=1S/C14H17NO2/c1-9(15)14(16)13-11-6-4-3-5-10(11)7-8-12(13)17-2/h3-9,14,16H,15H2,1-2H3/t9-,14-/m0/s1. The Labute approximate surface area is 101 Å². The third-order valence-electron chi connectivity index (χ3n) is 2.94. The van der Waals surface area contributed by atoms with Crippen LogP contribution in [0.2, 0.25) is 0 Å². The molecule has 0 aliphatic heterocycles. The Morgan fingerprint density at radius 3 is 2.53 bits per heavy atom. The van der Waals surface area contributed by atoms with Gasteiger partial charge >= 0.3 is 0 Å². The minimum absolute atomic E-state index is 0.338. The smallest absolute Gasteiger partial charge is 0.125 e. The van der Waals surface area contributed by atoms with Crippen molar-refractivity contribution in [3.8, 4) is 5.75 Å². The first-order valence-corrected chi connectivity index (χ1v) is 5.64. The lowest BCUT2D eigenvalue weighted by atomic mass is 9.96. The average molecular weight is 231 g/mol. The molecule has 3 nitrogen and oxygen atoms in total. The van der Waals surface area contributed by atoms with E-state index in [9.17, 15) is 5.11 Å². The molecule has 17 heavy (non-hydrogen) atoms. The third kappa shape index (κ3) is 2.12. The minimum Gasteiger partial charge on any atom is -0.496 e. The summed E-state index contributed by atoms with van der Waals surface area (Å²) in [5.41, 5.74) is 6.54. The van der Waals surface area contributed by atoms with Crippen molar-refractivity contribution in [2.75, 3.05) is 7.11 Å². The van der Waals surface area contributed by atoms with Gasteiger partial charge in [-0.3, -0.25) is 0 Å². The molecule has 2 atom stereocenters. The Balaban J connectivity index is 2.71. The molecule has 3 heteroatoms.